The second kappa shape index (κ2) is 4.70. The molecule has 1 heterocycles. The van der Waals surface area contributed by atoms with Gasteiger partial charge in [0.15, 0.2) is 0 Å². The Kier molecular flexibility index (Phi) is 3.51. The quantitative estimate of drug-likeness (QED) is 0.882. The Morgan fingerprint density at radius 1 is 1.40 bits per heavy atom. The van der Waals surface area contributed by atoms with Crippen molar-refractivity contribution in [1.82, 2.24) is 10.2 Å². The Bertz CT molecular complexity index is 318. The molecule has 0 aliphatic heterocycles. The Morgan fingerprint density at radius 3 is 2.67 bits per heavy atom. The highest BCUT2D eigenvalue weighted by Crippen LogP contribution is 2.40. The van der Waals surface area contributed by atoms with Crippen LogP contribution < -0.4 is 5.32 Å². The number of rotatable bonds is 4. The lowest BCUT2D eigenvalue weighted by molar-refractivity contribution is 0.639. The van der Waals surface area contributed by atoms with Gasteiger partial charge in [-0.15, -0.1) is 10.2 Å². The zero-order chi connectivity index (χ0) is 10.7. The van der Waals surface area contributed by atoms with Gasteiger partial charge >= 0.3 is 0 Å². The summed E-state index contributed by atoms with van der Waals surface area (Å²) >= 11 is 3.64. The second-order valence-corrected chi connectivity index (χ2v) is 6.53. The van der Waals surface area contributed by atoms with E-state index in [1.165, 1.54) is 25.7 Å². The van der Waals surface area contributed by atoms with E-state index in [9.17, 15) is 0 Å². The van der Waals surface area contributed by atoms with Gasteiger partial charge < -0.3 is 5.32 Å². The van der Waals surface area contributed by atoms with Crippen molar-refractivity contribution in [2.75, 3.05) is 18.1 Å². The largest absolute Gasteiger partial charge is 0.359 e. The number of aryl methyl sites for hydroxylation is 1. The fraction of sp³-hybridized carbons (Fsp3) is 0.800. The van der Waals surface area contributed by atoms with Crippen LogP contribution in [0.1, 0.15) is 30.7 Å². The van der Waals surface area contributed by atoms with Crippen molar-refractivity contribution in [3.63, 3.8) is 0 Å². The van der Waals surface area contributed by atoms with E-state index < -0.39 is 0 Å². The van der Waals surface area contributed by atoms with Gasteiger partial charge in [0.2, 0.25) is 5.13 Å². The van der Waals surface area contributed by atoms with E-state index in [1.54, 1.807) is 11.3 Å². The summed E-state index contributed by atoms with van der Waals surface area (Å²) in [6.07, 6.45) is 7.63. The molecule has 0 radical (unpaired) electrons. The molecule has 15 heavy (non-hydrogen) atoms. The van der Waals surface area contributed by atoms with Crippen LogP contribution in [0.15, 0.2) is 0 Å². The van der Waals surface area contributed by atoms with Gasteiger partial charge in [-0.3, -0.25) is 0 Å². The molecule has 0 saturated heterocycles. The summed E-state index contributed by atoms with van der Waals surface area (Å²) in [5.41, 5.74) is 0. The summed E-state index contributed by atoms with van der Waals surface area (Å²) in [4.78, 5) is 0. The van der Waals surface area contributed by atoms with Crippen LogP contribution >= 0.6 is 23.1 Å². The Balaban J connectivity index is 1.91. The minimum atomic E-state index is 0.444. The third-order valence-electron chi connectivity index (χ3n) is 3.04. The molecule has 1 N–H and O–H groups in total. The average molecular weight is 243 g/mol. The first kappa shape index (κ1) is 11.2. The fourth-order valence-corrected chi connectivity index (χ4v) is 3.58. The maximum Gasteiger partial charge on any atom is 0.205 e. The van der Waals surface area contributed by atoms with Gasteiger partial charge in [0.25, 0.3) is 0 Å². The molecule has 1 aliphatic carbocycles. The summed E-state index contributed by atoms with van der Waals surface area (Å²) < 4.78 is 0.444. The molecule has 2 rings (SSSR count). The van der Waals surface area contributed by atoms with Crippen molar-refractivity contribution in [3.8, 4) is 0 Å². The van der Waals surface area contributed by atoms with E-state index in [2.05, 4.69) is 21.8 Å². The summed E-state index contributed by atoms with van der Waals surface area (Å²) in [7, 11) is 0. The van der Waals surface area contributed by atoms with Crippen molar-refractivity contribution in [1.29, 1.82) is 0 Å². The normalized spacial score (nSPS) is 19.3. The molecule has 1 aromatic rings. The lowest BCUT2D eigenvalue weighted by Gasteiger charge is -2.26. The van der Waals surface area contributed by atoms with Crippen molar-refractivity contribution in [2.24, 2.45) is 0 Å². The van der Waals surface area contributed by atoms with Crippen LogP contribution in [-0.4, -0.2) is 27.7 Å². The van der Waals surface area contributed by atoms with Gasteiger partial charge in [-0.1, -0.05) is 24.2 Å². The lowest BCUT2D eigenvalue weighted by atomic mass is 10.1. The zero-order valence-electron chi connectivity index (χ0n) is 9.25. The highest BCUT2D eigenvalue weighted by Gasteiger charge is 2.32. The number of hydrogen-bond donors (Lipinski definition) is 1. The first-order valence-electron chi connectivity index (χ1n) is 5.33. The van der Waals surface area contributed by atoms with Gasteiger partial charge in [-0.05, 0) is 26.0 Å². The molecule has 84 valence electrons. The SMILES string of the molecule is CSC1(CNc2nnc(C)s2)CCCC1. The Morgan fingerprint density at radius 2 is 2.13 bits per heavy atom. The molecule has 0 atom stereocenters. The van der Waals surface area contributed by atoms with Crippen LogP contribution in [-0.2, 0) is 0 Å². The van der Waals surface area contributed by atoms with Crippen molar-refractivity contribution < 1.29 is 0 Å². The van der Waals surface area contributed by atoms with E-state index in [1.807, 2.05) is 18.7 Å². The molecule has 0 bridgehead atoms. The van der Waals surface area contributed by atoms with Crippen molar-refractivity contribution >= 4 is 28.2 Å². The summed E-state index contributed by atoms with van der Waals surface area (Å²) in [6.45, 7) is 3.02. The van der Waals surface area contributed by atoms with Gasteiger partial charge in [-0.25, -0.2) is 0 Å². The predicted octanol–water partition coefficient (Wildman–Crippen LogP) is 2.93. The van der Waals surface area contributed by atoms with Gasteiger partial charge in [-0.2, -0.15) is 11.8 Å². The number of nitrogens with one attached hydrogen (secondary N) is 1. The van der Waals surface area contributed by atoms with Gasteiger partial charge in [0.1, 0.15) is 5.01 Å². The van der Waals surface area contributed by atoms with E-state index in [0.717, 1.165) is 16.7 Å². The highest BCUT2D eigenvalue weighted by molar-refractivity contribution is 8.00. The maximum absolute atomic E-state index is 4.09. The Hall–Kier alpha value is -0.290. The van der Waals surface area contributed by atoms with Crippen molar-refractivity contribution in [2.45, 2.75) is 37.4 Å². The third-order valence-corrected chi connectivity index (χ3v) is 5.25. The summed E-state index contributed by atoms with van der Waals surface area (Å²) in [6, 6.07) is 0. The number of aromatic nitrogens is 2. The smallest absolute Gasteiger partial charge is 0.205 e. The van der Waals surface area contributed by atoms with Crippen LogP contribution in [0, 0.1) is 6.92 Å². The van der Waals surface area contributed by atoms with Gasteiger partial charge in [0, 0.05) is 11.3 Å². The lowest BCUT2D eigenvalue weighted by Crippen LogP contribution is -2.29. The minimum Gasteiger partial charge on any atom is -0.359 e. The molecule has 1 fully saturated rings. The maximum atomic E-state index is 4.09. The Labute approximate surface area is 99.1 Å². The molecule has 1 aromatic heterocycles. The first-order chi connectivity index (χ1) is 7.24. The molecule has 5 heteroatoms. The molecular formula is C10H17N3S2. The molecule has 0 aromatic carbocycles. The topological polar surface area (TPSA) is 37.8 Å². The van der Waals surface area contributed by atoms with E-state index in [0.29, 0.717) is 4.75 Å². The van der Waals surface area contributed by atoms with Crippen LogP contribution in [0.4, 0.5) is 5.13 Å². The zero-order valence-corrected chi connectivity index (χ0v) is 10.9. The molecule has 0 amide bonds. The third kappa shape index (κ3) is 2.64. The number of thioether (sulfide) groups is 1. The molecular weight excluding hydrogens is 226 g/mol. The molecule has 0 spiro atoms. The number of hydrogen-bond acceptors (Lipinski definition) is 5. The first-order valence-corrected chi connectivity index (χ1v) is 7.37. The fourth-order valence-electron chi connectivity index (χ4n) is 2.08. The van der Waals surface area contributed by atoms with Gasteiger partial charge in [0.05, 0.1) is 0 Å². The van der Waals surface area contributed by atoms with Crippen LogP contribution in [0.25, 0.3) is 0 Å². The number of nitrogens with zero attached hydrogens (tertiary/aromatic N) is 2. The van der Waals surface area contributed by atoms with Crippen LogP contribution in [0.3, 0.4) is 0 Å². The van der Waals surface area contributed by atoms with E-state index >= 15 is 0 Å². The van der Waals surface area contributed by atoms with Crippen LogP contribution in [0.5, 0.6) is 0 Å². The molecule has 0 unspecified atom stereocenters. The van der Waals surface area contributed by atoms with Crippen molar-refractivity contribution in [3.05, 3.63) is 5.01 Å². The molecule has 1 aliphatic rings. The average Bonchev–Trinajstić information content (AvgIpc) is 2.85. The van der Waals surface area contributed by atoms with E-state index in [-0.39, 0.29) is 0 Å². The molecule has 3 nitrogen and oxygen atoms in total. The monoisotopic (exact) mass is 243 g/mol. The standard InChI is InChI=1S/C10H17N3S2/c1-8-12-13-9(15-8)11-7-10(14-2)5-3-4-6-10/h3-7H2,1-2H3,(H,11,13). The van der Waals surface area contributed by atoms with E-state index in [4.69, 9.17) is 0 Å². The summed E-state index contributed by atoms with van der Waals surface area (Å²) in [5, 5.41) is 13.5. The van der Waals surface area contributed by atoms with Crippen LogP contribution in [0.2, 0.25) is 0 Å². The number of anilines is 1. The summed E-state index contributed by atoms with van der Waals surface area (Å²) in [5.74, 6) is 0. The molecule has 1 saturated carbocycles. The highest BCUT2D eigenvalue weighted by atomic mass is 32.2. The minimum absolute atomic E-state index is 0.444. The second-order valence-electron chi connectivity index (χ2n) is 4.07. The predicted molar refractivity (Wildman–Crippen MR) is 67.8 cm³/mol.